The number of rotatable bonds is 16. The number of nitrogens with one attached hydrogen (secondary N) is 3. The van der Waals surface area contributed by atoms with E-state index in [4.69, 9.17) is 9.47 Å². The van der Waals surface area contributed by atoms with Crippen molar-refractivity contribution in [3.05, 3.63) is 156 Å². The number of nitrogens with zero attached hydrogens (tertiary/aromatic N) is 1. The fourth-order valence-corrected chi connectivity index (χ4v) is 8.31. The highest BCUT2D eigenvalue weighted by Crippen LogP contribution is 2.26. The lowest BCUT2D eigenvalue weighted by atomic mass is 9.99. The Balaban J connectivity index is 1.05. The van der Waals surface area contributed by atoms with Crippen LogP contribution in [0.2, 0.25) is 0 Å². The van der Waals surface area contributed by atoms with Gasteiger partial charge in [-0.2, -0.15) is 0 Å². The Kier molecular flexibility index (Phi) is 14.1. The number of aryl methyl sites for hydroxylation is 2. The fraction of sp³-hybridized carbons (Fsp3) is 0.267. The highest BCUT2D eigenvalue weighted by molar-refractivity contribution is 7.91. The van der Waals surface area contributed by atoms with Crippen LogP contribution >= 0.6 is 0 Å². The molecule has 0 radical (unpaired) electrons. The van der Waals surface area contributed by atoms with Gasteiger partial charge in [-0.3, -0.25) is 9.52 Å². The first-order valence-corrected chi connectivity index (χ1v) is 20.8. The summed E-state index contributed by atoms with van der Waals surface area (Å²) < 4.78 is 39.7. The number of anilines is 2. The Morgan fingerprint density at radius 3 is 2.02 bits per heavy atom. The molecular formula is C45H48N4O8S. The number of hydrogen-bond donors (Lipinski definition) is 4. The van der Waals surface area contributed by atoms with Crippen molar-refractivity contribution in [1.29, 1.82) is 0 Å². The predicted molar refractivity (Wildman–Crippen MR) is 224 cm³/mol. The molecule has 1 heterocycles. The molecule has 12 nitrogen and oxygen atoms in total. The largest absolute Gasteiger partial charge is 0.465 e. The van der Waals surface area contributed by atoms with E-state index in [9.17, 15) is 27.9 Å². The summed E-state index contributed by atoms with van der Waals surface area (Å²) in [5.74, 6) is -0.578. The molecule has 1 aliphatic heterocycles. The van der Waals surface area contributed by atoms with Gasteiger partial charge in [0.15, 0.2) is 0 Å². The van der Waals surface area contributed by atoms with Crippen molar-refractivity contribution in [3.8, 4) is 11.1 Å². The molecule has 302 valence electrons. The van der Waals surface area contributed by atoms with Gasteiger partial charge < -0.3 is 30.1 Å². The molecule has 0 unspecified atom stereocenters. The molecule has 6 rings (SSSR count). The lowest BCUT2D eigenvalue weighted by Crippen LogP contribution is -2.52. The zero-order valence-corrected chi connectivity index (χ0v) is 33.1. The minimum atomic E-state index is -3.68. The number of para-hydroxylation sites is 2. The van der Waals surface area contributed by atoms with Gasteiger partial charge in [-0.05, 0) is 71.2 Å². The van der Waals surface area contributed by atoms with Gasteiger partial charge in [0.1, 0.15) is 6.04 Å². The summed E-state index contributed by atoms with van der Waals surface area (Å²) in [7, 11) is -2.44. The number of amides is 3. The molecule has 58 heavy (non-hydrogen) atoms. The summed E-state index contributed by atoms with van der Waals surface area (Å²) in [5, 5.41) is 15.8. The van der Waals surface area contributed by atoms with E-state index >= 15 is 0 Å². The second-order valence-electron chi connectivity index (χ2n) is 14.2. The van der Waals surface area contributed by atoms with Gasteiger partial charge in [-0.25, -0.2) is 18.0 Å². The molecule has 0 saturated carbocycles. The Hall–Kier alpha value is -6.18. The number of hydrogen-bond acceptors (Lipinski definition) is 7. The third kappa shape index (κ3) is 11.7. The zero-order valence-electron chi connectivity index (χ0n) is 32.3. The van der Waals surface area contributed by atoms with E-state index in [1.807, 2.05) is 91.0 Å². The summed E-state index contributed by atoms with van der Waals surface area (Å²) in [5.41, 5.74) is 6.26. The first kappa shape index (κ1) is 41.5. The summed E-state index contributed by atoms with van der Waals surface area (Å²) in [4.78, 5) is 39.8. The van der Waals surface area contributed by atoms with Crippen LogP contribution in [-0.2, 0) is 49.3 Å². The highest BCUT2D eigenvalue weighted by atomic mass is 32.2. The number of alkyl carbamates (subject to hydrolysis) is 1. The average molecular weight is 805 g/mol. The molecular weight excluding hydrogens is 757 g/mol. The van der Waals surface area contributed by atoms with Crippen LogP contribution in [0.25, 0.3) is 11.1 Å². The van der Waals surface area contributed by atoms with E-state index < -0.39 is 40.2 Å². The van der Waals surface area contributed by atoms with Crippen molar-refractivity contribution in [2.45, 2.75) is 56.0 Å². The van der Waals surface area contributed by atoms with Gasteiger partial charge in [0.2, 0.25) is 15.9 Å². The SMILES string of the molecule is COC(=O)N[C@@H](Cc1ccc(-c2ccccc2)cc1)C(=O)Nc1ccccc1CC[C@@H]1CN(C(=O)O)[C@H](CCc2ccccc2NS(=O)(=O)Cc2ccccc2)CO1. The van der Waals surface area contributed by atoms with Gasteiger partial charge in [0.25, 0.3) is 0 Å². The molecule has 5 aromatic carbocycles. The van der Waals surface area contributed by atoms with Crippen LogP contribution in [0.5, 0.6) is 0 Å². The molecule has 13 heteroatoms. The van der Waals surface area contributed by atoms with Crippen molar-refractivity contribution in [2.24, 2.45) is 0 Å². The number of morpholine rings is 1. The number of carbonyl (C=O) groups is 3. The maximum absolute atomic E-state index is 13.7. The summed E-state index contributed by atoms with van der Waals surface area (Å²) in [6, 6.07) is 39.9. The van der Waals surface area contributed by atoms with E-state index in [1.165, 1.54) is 12.0 Å². The molecule has 4 N–H and O–H groups in total. The Morgan fingerprint density at radius 1 is 0.759 bits per heavy atom. The van der Waals surface area contributed by atoms with Crippen molar-refractivity contribution in [2.75, 3.05) is 30.3 Å². The molecule has 1 saturated heterocycles. The molecule has 0 aliphatic carbocycles. The lowest BCUT2D eigenvalue weighted by Gasteiger charge is -2.38. The first-order valence-electron chi connectivity index (χ1n) is 19.2. The van der Waals surface area contributed by atoms with Crippen LogP contribution in [0.4, 0.5) is 21.0 Å². The maximum Gasteiger partial charge on any atom is 0.407 e. The summed E-state index contributed by atoms with van der Waals surface area (Å²) in [6.45, 7) is 0.346. The number of sulfonamides is 1. The van der Waals surface area contributed by atoms with Crippen LogP contribution < -0.4 is 15.4 Å². The van der Waals surface area contributed by atoms with Crippen LogP contribution in [0.15, 0.2) is 133 Å². The second kappa shape index (κ2) is 19.8. The molecule has 1 fully saturated rings. The van der Waals surface area contributed by atoms with Gasteiger partial charge in [-0.15, -0.1) is 0 Å². The van der Waals surface area contributed by atoms with E-state index in [1.54, 1.807) is 42.5 Å². The third-order valence-electron chi connectivity index (χ3n) is 10.1. The molecule has 0 bridgehead atoms. The quantitative estimate of drug-likeness (QED) is 0.0797. The topological polar surface area (TPSA) is 163 Å². The maximum atomic E-state index is 13.7. The first-order chi connectivity index (χ1) is 28.1. The Morgan fingerprint density at radius 2 is 1.34 bits per heavy atom. The van der Waals surface area contributed by atoms with Crippen molar-refractivity contribution >= 4 is 39.5 Å². The van der Waals surface area contributed by atoms with E-state index in [0.29, 0.717) is 42.6 Å². The zero-order chi connectivity index (χ0) is 40.9. The lowest BCUT2D eigenvalue weighted by molar-refractivity contribution is -0.118. The molecule has 3 amide bonds. The van der Waals surface area contributed by atoms with Crippen LogP contribution in [0, 0.1) is 0 Å². The minimum Gasteiger partial charge on any atom is -0.465 e. The van der Waals surface area contributed by atoms with Crippen LogP contribution in [0.3, 0.4) is 0 Å². The Labute approximate surface area is 339 Å². The van der Waals surface area contributed by atoms with Gasteiger partial charge in [0.05, 0.1) is 43.8 Å². The smallest absolute Gasteiger partial charge is 0.407 e. The van der Waals surface area contributed by atoms with Crippen molar-refractivity contribution in [3.63, 3.8) is 0 Å². The highest BCUT2D eigenvalue weighted by Gasteiger charge is 2.32. The van der Waals surface area contributed by atoms with Gasteiger partial charge in [-0.1, -0.05) is 121 Å². The van der Waals surface area contributed by atoms with E-state index in [0.717, 1.165) is 27.8 Å². The molecule has 5 aromatic rings. The van der Waals surface area contributed by atoms with Gasteiger partial charge in [0, 0.05) is 12.1 Å². The molecule has 0 aromatic heterocycles. The van der Waals surface area contributed by atoms with E-state index in [2.05, 4.69) is 15.4 Å². The van der Waals surface area contributed by atoms with E-state index in [-0.39, 0.29) is 31.4 Å². The van der Waals surface area contributed by atoms with Crippen molar-refractivity contribution < 1.29 is 37.4 Å². The molecule has 1 aliphatic rings. The molecule has 0 spiro atoms. The summed E-state index contributed by atoms with van der Waals surface area (Å²) >= 11 is 0. The average Bonchev–Trinajstić information content (AvgIpc) is 3.23. The molecule has 3 atom stereocenters. The van der Waals surface area contributed by atoms with Crippen LogP contribution in [-0.4, -0.2) is 75.0 Å². The fourth-order valence-electron chi connectivity index (χ4n) is 7.07. The monoisotopic (exact) mass is 804 g/mol. The number of methoxy groups -OCH3 is 1. The van der Waals surface area contributed by atoms with Crippen LogP contribution in [0.1, 0.15) is 35.1 Å². The standard InChI is InChI=1S/C45H48N4O8S/c1-56-44(51)47-42(28-32-20-22-35(23-21-32)34-14-6-3-7-15-34)43(50)46-40-18-10-8-16-36(40)25-27-39-29-49(45(52)53)38(30-57-39)26-24-37-17-9-11-19-41(37)48-58(54,55)31-33-12-4-2-5-13-33/h2-23,38-39,42,48H,24-31H2,1H3,(H,46,50)(H,47,51)(H,52,53)/t38-,39-,42+/m1/s1. The third-order valence-corrected chi connectivity index (χ3v) is 11.4. The number of carbonyl (C=O) groups excluding carboxylic acids is 2. The summed E-state index contributed by atoms with van der Waals surface area (Å²) in [6.07, 6.45) is -0.0810. The Bertz CT molecular complexity index is 2260. The predicted octanol–water partition coefficient (Wildman–Crippen LogP) is 7.51. The number of carboxylic acid groups (broad SMARTS) is 1. The van der Waals surface area contributed by atoms with Crippen molar-refractivity contribution in [1.82, 2.24) is 10.2 Å². The number of benzene rings is 5. The van der Waals surface area contributed by atoms with Gasteiger partial charge >= 0.3 is 12.2 Å². The normalized spacial score (nSPS) is 15.8. The second-order valence-corrected chi connectivity index (χ2v) is 15.9. The number of ether oxygens (including phenoxy) is 2. The minimum absolute atomic E-state index is 0.161.